The van der Waals surface area contributed by atoms with Crippen LogP contribution in [0.15, 0.2) is 24.5 Å². The quantitative estimate of drug-likeness (QED) is 0.527. The lowest BCUT2D eigenvalue weighted by molar-refractivity contribution is -0.385. The summed E-state index contributed by atoms with van der Waals surface area (Å²) in [5, 5.41) is 12.7. The van der Waals surface area contributed by atoms with Gasteiger partial charge >= 0.3 is 0 Å². The van der Waals surface area contributed by atoms with Crippen molar-refractivity contribution in [2.75, 3.05) is 0 Å². The minimum atomic E-state index is -0.352. The largest absolute Gasteiger partial charge is 0.273 e. The van der Waals surface area contributed by atoms with Crippen molar-refractivity contribution < 1.29 is 4.92 Å². The van der Waals surface area contributed by atoms with E-state index >= 15 is 0 Å². The maximum atomic E-state index is 10.8. The SMILES string of the molecule is Cc1cc([N+](=O)[O-])c(C)c2cnccc12. The molecule has 0 amide bonds. The number of aryl methyl sites for hydroxylation is 2. The van der Waals surface area contributed by atoms with Crippen LogP contribution in [0.2, 0.25) is 0 Å². The van der Waals surface area contributed by atoms with Crippen molar-refractivity contribution in [2.45, 2.75) is 13.8 Å². The topological polar surface area (TPSA) is 56.0 Å². The Hall–Kier alpha value is -1.97. The van der Waals surface area contributed by atoms with E-state index in [2.05, 4.69) is 4.98 Å². The van der Waals surface area contributed by atoms with E-state index in [-0.39, 0.29) is 10.6 Å². The molecule has 0 saturated heterocycles. The normalized spacial score (nSPS) is 10.5. The molecule has 4 nitrogen and oxygen atoms in total. The van der Waals surface area contributed by atoms with Crippen LogP contribution in [-0.2, 0) is 0 Å². The molecule has 2 rings (SSSR count). The van der Waals surface area contributed by atoms with Crippen LogP contribution in [0.5, 0.6) is 0 Å². The Bertz CT molecular complexity index is 550. The third-order valence-electron chi connectivity index (χ3n) is 2.58. The summed E-state index contributed by atoms with van der Waals surface area (Å²) in [6.07, 6.45) is 3.37. The van der Waals surface area contributed by atoms with E-state index < -0.39 is 0 Å². The Balaban J connectivity index is 2.90. The van der Waals surface area contributed by atoms with Crippen molar-refractivity contribution in [1.82, 2.24) is 4.98 Å². The van der Waals surface area contributed by atoms with Gasteiger partial charge in [0.1, 0.15) is 0 Å². The Labute approximate surface area is 86.7 Å². The van der Waals surface area contributed by atoms with Crippen molar-refractivity contribution in [3.8, 4) is 0 Å². The molecule has 4 heteroatoms. The number of hydrogen-bond acceptors (Lipinski definition) is 3. The van der Waals surface area contributed by atoms with Crippen LogP contribution in [0.3, 0.4) is 0 Å². The average molecular weight is 202 g/mol. The van der Waals surface area contributed by atoms with Crippen LogP contribution in [0.4, 0.5) is 5.69 Å². The van der Waals surface area contributed by atoms with Crippen molar-refractivity contribution in [3.63, 3.8) is 0 Å². The average Bonchev–Trinajstić information content (AvgIpc) is 2.23. The molecule has 0 spiro atoms. The third kappa shape index (κ3) is 1.44. The number of nitro benzene ring substituents is 1. The zero-order valence-electron chi connectivity index (χ0n) is 8.52. The second kappa shape index (κ2) is 3.31. The third-order valence-corrected chi connectivity index (χ3v) is 2.58. The molecule has 76 valence electrons. The number of fused-ring (bicyclic) bond motifs is 1. The van der Waals surface area contributed by atoms with Gasteiger partial charge in [0.2, 0.25) is 0 Å². The van der Waals surface area contributed by atoms with Crippen molar-refractivity contribution >= 4 is 16.5 Å². The Morgan fingerprint density at radius 2 is 2.07 bits per heavy atom. The molecule has 2 aromatic rings. The molecule has 0 saturated carbocycles. The molecule has 0 aliphatic carbocycles. The first-order valence-electron chi connectivity index (χ1n) is 4.59. The number of rotatable bonds is 1. The summed E-state index contributed by atoms with van der Waals surface area (Å²) in [5.41, 5.74) is 1.74. The van der Waals surface area contributed by atoms with Crippen molar-refractivity contribution in [1.29, 1.82) is 0 Å². The molecule has 15 heavy (non-hydrogen) atoms. The van der Waals surface area contributed by atoms with Crippen LogP contribution in [-0.4, -0.2) is 9.91 Å². The minimum absolute atomic E-state index is 0.160. The zero-order chi connectivity index (χ0) is 11.0. The highest BCUT2D eigenvalue weighted by atomic mass is 16.6. The fourth-order valence-corrected chi connectivity index (χ4v) is 1.76. The van der Waals surface area contributed by atoms with Gasteiger partial charge in [0.15, 0.2) is 0 Å². The smallest absolute Gasteiger partial charge is 0.264 e. The van der Waals surface area contributed by atoms with E-state index in [0.717, 1.165) is 16.3 Å². The van der Waals surface area contributed by atoms with Crippen LogP contribution in [0.25, 0.3) is 10.8 Å². The van der Waals surface area contributed by atoms with E-state index in [1.807, 2.05) is 13.0 Å². The van der Waals surface area contributed by atoms with Gasteiger partial charge in [-0.15, -0.1) is 0 Å². The predicted octanol–water partition coefficient (Wildman–Crippen LogP) is 2.76. The molecule has 0 fully saturated rings. The number of pyridine rings is 1. The van der Waals surface area contributed by atoms with Gasteiger partial charge in [0.05, 0.1) is 4.92 Å². The van der Waals surface area contributed by atoms with Crippen molar-refractivity contribution in [2.24, 2.45) is 0 Å². The second-order valence-corrected chi connectivity index (χ2v) is 3.52. The first-order valence-corrected chi connectivity index (χ1v) is 4.59. The summed E-state index contributed by atoms with van der Waals surface area (Å²) in [6, 6.07) is 3.49. The number of benzene rings is 1. The van der Waals surface area contributed by atoms with E-state index in [0.29, 0.717) is 5.56 Å². The van der Waals surface area contributed by atoms with Gasteiger partial charge in [-0.2, -0.15) is 0 Å². The first kappa shape index (κ1) is 9.58. The highest BCUT2D eigenvalue weighted by Crippen LogP contribution is 2.29. The molecule has 1 heterocycles. The monoisotopic (exact) mass is 202 g/mol. The molecule has 0 aliphatic heterocycles. The van der Waals surface area contributed by atoms with E-state index in [1.165, 1.54) is 0 Å². The lowest BCUT2D eigenvalue weighted by Crippen LogP contribution is -1.94. The van der Waals surface area contributed by atoms with Gasteiger partial charge in [0, 0.05) is 29.4 Å². The molecule has 1 aromatic heterocycles. The standard InChI is InChI=1S/C11H10N2O2/c1-7-5-11(13(14)15)8(2)10-6-12-4-3-9(7)10/h3-6H,1-2H3. The summed E-state index contributed by atoms with van der Waals surface area (Å²) < 4.78 is 0. The second-order valence-electron chi connectivity index (χ2n) is 3.52. The van der Waals surface area contributed by atoms with Gasteiger partial charge < -0.3 is 0 Å². The highest BCUT2D eigenvalue weighted by molar-refractivity contribution is 5.90. The van der Waals surface area contributed by atoms with E-state index in [9.17, 15) is 10.1 Å². The maximum Gasteiger partial charge on any atom is 0.273 e. The number of hydrogen-bond donors (Lipinski definition) is 0. The van der Waals surface area contributed by atoms with Crippen LogP contribution < -0.4 is 0 Å². The first-order chi connectivity index (χ1) is 7.11. The summed E-state index contributed by atoms with van der Waals surface area (Å²) >= 11 is 0. The molecule has 1 aromatic carbocycles. The van der Waals surface area contributed by atoms with Gasteiger partial charge in [-0.3, -0.25) is 15.1 Å². The van der Waals surface area contributed by atoms with Crippen LogP contribution in [0.1, 0.15) is 11.1 Å². The summed E-state index contributed by atoms with van der Waals surface area (Å²) in [4.78, 5) is 14.4. The van der Waals surface area contributed by atoms with Crippen molar-refractivity contribution in [3.05, 3.63) is 45.8 Å². The molecule has 0 aliphatic rings. The van der Waals surface area contributed by atoms with Gasteiger partial charge in [-0.05, 0) is 30.9 Å². The molecule has 0 atom stereocenters. The minimum Gasteiger partial charge on any atom is -0.264 e. The van der Waals surface area contributed by atoms with Gasteiger partial charge in [-0.25, -0.2) is 0 Å². The Morgan fingerprint density at radius 3 is 2.73 bits per heavy atom. The summed E-state index contributed by atoms with van der Waals surface area (Å²) in [5.74, 6) is 0. The van der Waals surface area contributed by atoms with E-state index in [1.54, 1.807) is 25.4 Å². The highest BCUT2D eigenvalue weighted by Gasteiger charge is 2.14. The fraction of sp³-hybridized carbons (Fsp3) is 0.182. The predicted molar refractivity (Wildman–Crippen MR) is 57.9 cm³/mol. The summed E-state index contributed by atoms with van der Waals surface area (Å²) in [6.45, 7) is 3.62. The lowest BCUT2D eigenvalue weighted by Gasteiger charge is -2.05. The van der Waals surface area contributed by atoms with E-state index in [4.69, 9.17) is 0 Å². The Morgan fingerprint density at radius 1 is 1.33 bits per heavy atom. The number of nitro groups is 1. The molecule has 0 N–H and O–H groups in total. The zero-order valence-corrected chi connectivity index (χ0v) is 8.52. The molecule has 0 unspecified atom stereocenters. The Kier molecular flexibility index (Phi) is 2.11. The van der Waals surface area contributed by atoms with Gasteiger partial charge in [0.25, 0.3) is 5.69 Å². The molecule has 0 radical (unpaired) electrons. The molecular formula is C11H10N2O2. The lowest BCUT2D eigenvalue weighted by atomic mass is 10.0. The van der Waals surface area contributed by atoms with Crippen LogP contribution >= 0.6 is 0 Å². The summed E-state index contributed by atoms with van der Waals surface area (Å²) in [7, 11) is 0. The number of aromatic nitrogens is 1. The fourth-order valence-electron chi connectivity index (χ4n) is 1.76. The van der Waals surface area contributed by atoms with Gasteiger partial charge in [-0.1, -0.05) is 0 Å². The maximum absolute atomic E-state index is 10.8. The molecule has 0 bridgehead atoms. The number of nitrogens with zero attached hydrogens (tertiary/aromatic N) is 2. The molecular weight excluding hydrogens is 192 g/mol. The van der Waals surface area contributed by atoms with Crippen LogP contribution in [0, 0.1) is 24.0 Å².